The molecule has 1 rings (SSSR count). The Balaban J connectivity index is 2.43. The van der Waals surface area contributed by atoms with Crippen LogP contribution in [0, 0.1) is 0 Å². The third kappa shape index (κ3) is 4.92. The molecule has 1 aromatic rings. The Hall–Kier alpha value is -2.17. The summed E-state index contributed by atoms with van der Waals surface area (Å²) in [7, 11) is 1.44. The summed E-state index contributed by atoms with van der Waals surface area (Å²) in [6.45, 7) is -0.349. The predicted molar refractivity (Wildman–Crippen MR) is 64.2 cm³/mol. The van der Waals surface area contributed by atoms with Gasteiger partial charge in [-0.15, -0.1) is 0 Å². The molecule has 0 atom stereocenters. The second-order valence-electron chi connectivity index (χ2n) is 3.52. The van der Waals surface area contributed by atoms with Gasteiger partial charge in [0.1, 0.15) is 13.1 Å². The van der Waals surface area contributed by atoms with Crippen LogP contribution in [0.1, 0.15) is 5.56 Å². The van der Waals surface area contributed by atoms with Crippen LogP contribution in [0.4, 0.5) is 0 Å². The van der Waals surface area contributed by atoms with Gasteiger partial charge in [-0.2, -0.15) is 0 Å². The topological polar surface area (TPSA) is 70.0 Å². The first-order valence-electron chi connectivity index (χ1n) is 5.10. The summed E-state index contributed by atoms with van der Waals surface area (Å²) in [5.41, 5.74) is 0.904. The number of hydrogen-bond donors (Lipinski definition) is 1. The summed E-state index contributed by atoms with van der Waals surface area (Å²) in [5, 5.41) is 8.50. The lowest BCUT2D eigenvalue weighted by Crippen LogP contribution is -2.33. The average molecular weight is 234 g/mol. The number of hydrogen-bond acceptors (Lipinski definition) is 3. The van der Waals surface area contributed by atoms with Crippen molar-refractivity contribution >= 4 is 18.1 Å². The zero-order valence-electron chi connectivity index (χ0n) is 9.54. The SMILES string of the molecule is CN(CC(=O)O)C(=O)CN=Cc1ccccc1. The van der Waals surface area contributed by atoms with Crippen molar-refractivity contribution in [2.75, 3.05) is 20.1 Å². The van der Waals surface area contributed by atoms with Crippen LogP contribution < -0.4 is 0 Å². The van der Waals surface area contributed by atoms with E-state index in [4.69, 9.17) is 5.11 Å². The fourth-order valence-corrected chi connectivity index (χ4v) is 1.18. The summed E-state index contributed by atoms with van der Waals surface area (Å²) >= 11 is 0. The maximum absolute atomic E-state index is 11.4. The number of carboxylic acid groups (broad SMARTS) is 1. The molecule has 0 bridgehead atoms. The minimum atomic E-state index is -1.03. The maximum atomic E-state index is 11.4. The summed E-state index contributed by atoms with van der Waals surface area (Å²) in [5.74, 6) is -1.35. The van der Waals surface area contributed by atoms with Gasteiger partial charge in [0.25, 0.3) is 0 Å². The first-order chi connectivity index (χ1) is 8.09. The molecule has 0 spiro atoms. The van der Waals surface area contributed by atoms with Crippen LogP contribution in [0.5, 0.6) is 0 Å². The molecule has 1 aromatic carbocycles. The second-order valence-corrected chi connectivity index (χ2v) is 3.52. The van der Waals surface area contributed by atoms with Gasteiger partial charge in [0.15, 0.2) is 0 Å². The Morgan fingerprint density at radius 1 is 1.35 bits per heavy atom. The fraction of sp³-hybridized carbons (Fsp3) is 0.250. The normalized spacial score (nSPS) is 10.4. The highest BCUT2D eigenvalue weighted by Gasteiger charge is 2.10. The molecular weight excluding hydrogens is 220 g/mol. The van der Waals surface area contributed by atoms with Crippen LogP contribution >= 0.6 is 0 Å². The van der Waals surface area contributed by atoms with E-state index in [0.29, 0.717) is 0 Å². The number of likely N-dealkylation sites (N-methyl/N-ethyl adjacent to an activating group) is 1. The number of aliphatic carboxylic acids is 1. The van der Waals surface area contributed by atoms with E-state index >= 15 is 0 Å². The van der Waals surface area contributed by atoms with Crippen LogP contribution in [0.3, 0.4) is 0 Å². The van der Waals surface area contributed by atoms with Crippen LogP contribution in [0.25, 0.3) is 0 Å². The largest absolute Gasteiger partial charge is 0.480 e. The summed E-state index contributed by atoms with van der Waals surface area (Å²) in [6.07, 6.45) is 1.59. The summed E-state index contributed by atoms with van der Waals surface area (Å²) < 4.78 is 0. The smallest absolute Gasteiger partial charge is 0.323 e. The van der Waals surface area contributed by atoms with Crippen LogP contribution in [-0.2, 0) is 9.59 Å². The monoisotopic (exact) mass is 234 g/mol. The quantitative estimate of drug-likeness (QED) is 0.760. The van der Waals surface area contributed by atoms with Crippen molar-refractivity contribution < 1.29 is 14.7 Å². The number of carboxylic acids is 1. The van der Waals surface area contributed by atoms with E-state index < -0.39 is 5.97 Å². The lowest BCUT2D eigenvalue weighted by molar-refractivity contribution is -0.142. The van der Waals surface area contributed by atoms with E-state index in [1.807, 2.05) is 30.3 Å². The molecule has 0 saturated carbocycles. The number of benzene rings is 1. The van der Waals surface area contributed by atoms with Gasteiger partial charge >= 0.3 is 5.97 Å². The summed E-state index contributed by atoms with van der Waals surface area (Å²) in [6, 6.07) is 9.38. The molecule has 0 aliphatic carbocycles. The Morgan fingerprint density at radius 2 is 2.00 bits per heavy atom. The number of nitrogens with zero attached hydrogens (tertiary/aromatic N) is 2. The van der Waals surface area contributed by atoms with Crippen molar-refractivity contribution in [1.29, 1.82) is 0 Å². The molecule has 5 heteroatoms. The Morgan fingerprint density at radius 3 is 2.59 bits per heavy atom. The molecule has 0 heterocycles. The number of carbonyl (C=O) groups is 2. The molecule has 0 radical (unpaired) electrons. The van der Waals surface area contributed by atoms with Gasteiger partial charge in [0, 0.05) is 13.3 Å². The van der Waals surface area contributed by atoms with Crippen molar-refractivity contribution in [2.45, 2.75) is 0 Å². The highest BCUT2D eigenvalue weighted by atomic mass is 16.4. The highest BCUT2D eigenvalue weighted by molar-refractivity contribution is 5.85. The van der Waals surface area contributed by atoms with Crippen molar-refractivity contribution in [2.24, 2.45) is 4.99 Å². The zero-order valence-corrected chi connectivity index (χ0v) is 9.54. The molecule has 1 N–H and O–H groups in total. The van der Waals surface area contributed by atoms with Gasteiger partial charge < -0.3 is 10.0 Å². The molecule has 0 saturated heterocycles. The van der Waals surface area contributed by atoms with Gasteiger partial charge in [-0.1, -0.05) is 30.3 Å². The van der Waals surface area contributed by atoms with Gasteiger partial charge in [0.2, 0.25) is 5.91 Å². The van der Waals surface area contributed by atoms with Crippen molar-refractivity contribution in [1.82, 2.24) is 4.90 Å². The number of amides is 1. The highest BCUT2D eigenvalue weighted by Crippen LogP contribution is 1.94. The van der Waals surface area contributed by atoms with Gasteiger partial charge in [-0.25, -0.2) is 0 Å². The van der Waals surface area contributed by atoms with Crippen molar-refractivity contribution in [3.05, 3.63) is 35.9 Å². The van der Waals surface area contributed by atoms with Crippen LogP contribution in [-0.4, -0.2) is 48.2 Å². The number of rotatable bonds is 5. The molecule has 1 amide bonds. The molecule has 17 heavy (non-hydrogen) atoms. The first-order valence-corrected chi connectivity index (χ1v) is 5.10. The minimum Gasteiger partial charge on any atom is -0.480 e. The average Bonchev–Trinajstić information content (AvgIpc) is 2.29. The second kappa shape index (κ2) is 6.42. The van der Waals surface area contributed by atoms with E-state index in [9.17, 15) is 9.59 Å². The third-order valence-corrected chi connectivity index (χ3v) is 2.06. The Bertz CT molecular complexity index is 415. The van der Waals surface area contributed by atoms with E-state index in [1.165, 1.54) is 7.05 Å². The van der Waals surface area contributed by atoms with E-state index in [1.54, 1.807) is 6.21 Å². The van der Waals surface area contributed by atoms with E-state index in [0.717, 1.165) is 10.5 Å². The molecule has 0 unspecified atom stereocenters. The molecular formula is C12H14N2O3. The first kappa shape index (κ1) is 12.9. The Labute approximate surface area is 99.4 Å². The lowest BCUT2D eigenvalue weighted by atomic mass is 10.2. The standard InChI is InChI=1S/C12H14N2O3/c1-14(9-12(16)17)11(15)8-13-7-10-5-3-2-4-6-10/h2-7H,8-9H2,1H3,(H,16,17). The van der Waals surface area contributed by atoms with Crippen LogP contribution in [0.2, 0.25) is 0 Å². The van der Waals surface area contributed by atoms with Gasteiger partial charge in [-0.3, -0.25) is 14.6 Å². The maximum Gasteiger partial charge on any atom is 0.323 e. The molecule has 0 aliphatic rings. The molecule has 90 valence electrons. The Kier molecular flexibility index (Phi) is 4.87. The van der Waals surface area contributed by atoms with Gasteiger partial charge in [0.05, 0.1) is 0 Å². The van der Waals surface area contributed by atoms with Crippen molar-refractivity contribution in [3.8, 4) is 0 Å². The zero-order chi connectivity index (χ0) is 12.7. The van der Waals surface area contributed by atoms with Gasteiger partial charge in [-0.05, 0) is 5.56 Å². The van der Waals surface area contributed by atoms with Crippen molar-refractivity contribution in [3.63, 3.8) is 0 Å². The summed E-state index contributed by atoms with van der Waals surface area (Å²) in [4.78, 5) is 26.9. The van der Waals surface area contributed by atoms with Crippen LogP contribution in [0.15, 0.2) is 35.3 Å². The molecule has 0 aliphatic heterocycles. The minimum absolute atomic E-state index is 0.0430. The molecule has 0 aromatic heterocycles. The third-order valence-electron chi connectivity index (χ3n) is 2.06. The van der Waals surface area contributed by atoms with E-state index in [-0.39, 0.29) is 19.0 Å². The molecule has 0 fully saturated rings. The molecule has 5 nitrogen and oxygen atoms in total. The predicted octanol–water partition coefficient (Wildman–Crippen LogP) is 0.648. The number of carbonyl (C=O) groups excluding carboxylic acids is 1. The van der Waals surface area contributed by atoms with E-state index in [2.05, 4.69) is 4.99 Å². The fourth-order valence-electron chi connectivity index (χ4n) is 1.18. The number of aliphatic imine (C=N–C) groups is 1. The lowest BCUT2D eigenvalue weighted by Gasteiger charge is -2.12.